The van der Waals surface area contributed by atoms with Gasteiger partial charge in [-0.05, 0) is 36.0 Å². The van der Waals surface area contributed by atoms with Crippen molar-refractivity contribution >= 4 is 5.91 Å². The van der Waals surface area contributed by atoms with E-state index in [1.54, 1.807) is 0 Å². The molecule has 1 unspecified atom stereocenters. The average Bonchev–Trinajstić information content (AvgIpc) is 2.47. The van der Waals surface area contributed by atoms with Crippen LogP contribution in [-0.4, -0.2) is 30.0 Å². The van der Waals surface area contributed by atoms with E-state index in [1.807, 2.05) is 25.7 Å². The van der Waals surface area contributed by atoms with Gasteiger partial charge in [-0.15, -0.1) is 0 Å². The van der Waals surface area contributed by atoms with E-state index in [9.17, 15) is 13.6 Å². The van der Waals surface area contributed by atoms with E-state index in [0.29, 0.717) is 18.5 Å². The first-order valence-electron chi connectivity index (χ1n) is 8.08. The zero-order valence-corrected chi connectivity index (χ0v) is 14.1. The van der Waals surface area contributed by atoms with Crippen molar-refractivity contribution in [1.82, 2.24) is 4.90 Å². The third-order valence-corrected chi connectivity index (χ3v) is 3.88. The smallest absolute Gasteiger partial charge is 0.223 e. The molecule has 1 fully saturated rings. The topological polar surface area (TPSA) is 29.5 Å². The fourth-order valence-corrected chi connectivity index (χ4v) is 2.71. The number of rotatable bonds is 4. The van der Waals surface area contributed by atoms with Crippen molar-refractivity contribution in [2.24, 2.45) is 5.41 Å². The van der Waals surface area contributed by atoms with Gasteiger partial charge in [0.2, 0.25) is 5.91 Å². The highest BCUT2D eigenvalue weighted by Crippen LogP contribution is 2.22. The number of ether oxygens (including phenoxy) is 1. The van der Waals surface area contributed by atoms with Gasteiger partial charge in [-0.25, -0.2) is 8.78 Å². The molecular weight excluding hydrogens is 300 g/mol. The van der Waals surface area contributed by atoms with Crippen molar-refractivity contribution in [3.8, 4) is 0 Å². The number of likely N-dealkylation sites (tertiary alicyclic amines) is 1. The van der Waals surface area contributed by atoms with Gasteiger partial charge in [0.25, 0.3) is 0 Å². The first kappa shape index (κ1) is 17.9. The largest absolute Gasteiger partial charge is 0.372 e. The number of hydrogen-bond donors (Lipinski definition) is 0. The number of halogens is 2. The van der Waals surface area contributed by atoms with E-state index in [0.717, 1.165) is 31.5 Å². The van der Waals surface area contributed by atoms with Crippen LogP contribution in [0, 0.1) is 17.0 Å². The van der Waals surface area contributed by atoms with Gasteiger partial charge >= 0.3 is 0 Å². The Kier molecular flexibility index (Phi) is 5.74. The molecule has 1 heterocycles. The van der Waals surface area contributed by atoms with Gasteiger partial charge in [-0.2, -0.15) is 0 Å². The number of hydrogen-bond acceptors (Lipinski definition) is 2. The van der Waals surface area contributed by atoms with Gasteiger partial charge in [0.15, 0.2) is 11.6 Å². The van der Waals surface area contributed by atoms with Crippen molar-refractivity contribution in [3.63, 3.8) is 0 Å². The number of carbonyl (C=O) groups is 1. The van der Waals surface area contributed by atoms with Crippen molar-refractivity contribution in [1.29, 1.82) is 0 Å². The average molecular weight is 325 g/mol. The Bertz CT molecular complexity index is 554. The number of benzene rings is 1. The number of nitrogens with zero attached hydrogens (tertiary/aromatic N) is 1. The maximum absolute atomic E-state index is 13.2. The maximum Gasteiger partial charge on any atom is 0.223 e. The molecule has 1 aliphatic heterocycles. The summed E-state index contributed by atoms with van der Waals surface area (Å²) in [6.07, 6.45) is 2.24. The normalized spacial score (nSPS) is 19.0. The second-order valence-corrected chi connectivity index (χ2v) is 7.40. The Morgan fingerprint density at radius 2 is 2.04 bits per heavy atom. The Morgan fingerprint density at radius 3 is 2.70 bits per heavy atom. The van der Waals surface area contributed by atoms with Crippen LogP contribution in [0.3, 0.4) is 0 Å². The van der Waals surface area contributed by atoms with E-state index >= 15 is 0 Å². The standard InChI is InChI=1S/C18H25F2NO2/c1-18(2,3)10-17(22)21-8-4-5-14(11-21)23-12-13-6-7-15(19)16(20)9-13/h6-7,9,14H,4-5,8,10-12H2,1-3H3. The summed E-state index contributed by atoms with van der Waals surface area (Å²) >= 11 is 0. The molecule has 2 rings (SSSR count). The molecule has 1 aromatic rings. The molecule has 5 heteroatoms. The summed E-state index contributed by atoms with van der Waals surface area (Å²) in [6.45, 7) is 7.70. The van der Waals surface area contributed by atoms with Gasteiger partial charge in [0.1, 0.15) is 0 Å². The Hall–Kier alpha value is -1.49. The molecule has 1 amide bonds. The predicted molar refractivity (Wildman–Crippen MR) is 84.8 cm³/mol. The molecule has 0 radical (unpaired) electrons. The van der Waals surface area contributed by atoms with Gasteiger partial charge in [0.05, 0.1) is 12.7 Å². The second-order valence-electron chi connectivity index (χ2n) is 7.40. The molecule has 1 aliphatic rings. The molecule has 0 saturated carbocycles. The van der Waals surface area contributed by atoms with Gasteiger partial charge in [-0.1, -0.05) is 26.8 Å². The molecule has 0 bridgehead atoms. The zero-order chi connectivity index (χ0) is 17.0. The number of carbonyl (C=O) groups excluding carboxylic acids is 1. The maximum atomic E-state index is 13.2. The minimum Gasteiger partial charge on any atom is -0.372 e. The van der Waals surface area contributed by atoms with Gasteiger partial charge in [0, 0.05) is 19.5 Å². The molecule has 128 valence electrons. The van der Waals surface area contributed by atoms with Crippen molar-refractivity contribution in [2.45, 2.75) is 52.7 Å². The van der Waals surface area contributed by atoms with Crippen LogP contribution in [0.1, 0.15) is 45.6 Å². The third-order valence-electron chi connectivity index (χ3n) is 3.88. The van der Waals surface area contributed by atoms with Crippen LogP contribution >= 0.6 is 0 Å². The first-order valence-corrected chi connectivity index (χ1v) is 8.08. The summed E-state index contributed by atoms with van der Waals surface area (Å²) in [6, 6.07) is 3.78. The Morgan fingerprint density at radius 1 is 1.30 bits per heavy atom. The van der Waals surface area contributed by atoms with Gasteiger partial charge < -0.3 is 9.64 Å². The van der Waals surface area contributed by atoms with Crippen LogP contribution in [-0.2, 0) is 16.1 Å². The van der Waals surface area contributed by atoms with Crippen LogP contribution in [0.2, 0.25) is 0 Å². The highest BCUT2D eigenvalue weighted by molar-refractivity contribution is 5.76. The molecule has 1 saturated heterocycles. The summed E-state index contributed by atoms with van der Waals surface area (Å²) in [5.41, 5.74) is 0.568. The van der Waals surface area contributed by atoms with Gasteiger partial charge in [-0.3, -0.25) is 4.79 Å². The van der Waals surface area contributed by atoms with Crippen LogP contribution in [0.25, 0.3) is 0 Å². The lowest BCUT2D eigenvalue weighted by Crippen LogP contribution is -2.44. The lowest BCUT2D eigenvalue weighted by Gasteiger charge is -2.34. The molecule has 1 aromatic carbocycles. The predicted octanol–water partition coefficient (Wildman–Crippen LogP) is 3.91. The summed E-state index contributed by atoms with van der Waals surface area (Å²) < 4.78 is 31.9. The van der Waals surface area contributed by atoms with E-state index in [4.69, 9.17) is 4.74 Å². The monoisotopic (exact) mass is 325 g/mol. The van der Waals surface area contributed by atoms with E-state index in [-0.39, 0.29) is 24.0 Å². The lowest BCUT2D eigenvalue weighted by molar-refractivity contribution is -0.137. The fraction of sp³-hybridized carbons (Fsp3) is 0.611. The number of amides is 1. The highest BCUT2D eigenvalue weighted by Gasteiger charge is 2.26. The first-order chi connectivity index (χ1) is 10.7. The second kappa shape index (κ2) is 7.39. The zero-order valence-electron chi connectivity index (χ0n) is 14.1. The van der Waals surface area contributed by atoms with Crippen molar-refractivity contribution < 1.29 is 18.3 Å². The van der Waals surface area contributed by atoms with Crippen LogP contribution in [0.15, 0.2) is 18.2 Å². The Balaban J connectivity index is 1.86. The summed E-state index contributed by atoms with van der Waals surface area (Å²) in [5.74, 6) is -1.57. The Labute approximate surface area is 136 Å². The number of piperidine rings is 1. The molecule has 1 atom stereocenters. The van der Waals surface area contributed by atoms with E-state index in [2.05, 4.69) is 0 Å². The molecule has 23 heavy (non-hydrogen) atoms. The molecule has 3 nitrogen and oxygen atoms in total. The minimum atomic E-state index is -0.864. The lowest BCUT2D eigenvalue weighted by atomic mass is 9.91. The van der Waals surface area contributed by atoms with Crippen molar-refractivity contribution in [3.05, 3.63) is 35.4 Å². The highest BCUT2D eigenvalue weighted by atomic mass is 19.2. The van der Waals surface area contributed by atoms with Crippen LogP contribution in [0.4, 0.5) is 8.78 Å². The van der Waals surface area contributed by atoms with E-state index in [1.165, 1.54) is 6.07 Å². The minimum absolute atomic E-state index is 0.0312. The van der Waals surface area contributed by atoms with E-state index < -0.39 is 11.6 Å². The third kappa shape index (κ3) is 5.57. The molecular formula is C18H25F2NO2. The van der Waals surface area contributed by atoms with Crippen molar-refractivity contribution in [2.75, 3.05) is 13.1 Å². The molecule has 0 N–H and O–H groups in total. The summed E-state index contributed by atoms with van der Waals surface area (Å²) in [4.78, 5) is 14.1. The van der Waals surface area contributed by atoms with Crippen LogP contribution < -0.4 is 0 Å². The molecule has 0 aliphatic carbocycles. The molecule has 0 spiro atoms. The fourth-order valence-electron chi connectivity index (χ4n) is 2.71. The summed E-state index contributed by atoms with van der Waals surface area (Å²) in [7, 11) is 0. The quantitative estimate of drug-likeness (QED) is 0.840. The van der Waals surface area contributed by atoms with Crippen LogP contribution in [0.5, 0.6) is 0 Å². The SMILES string of the molecule is CC(C)(C)CC(=O)N1CCCC(OCc2ccc(F)c(F)c2)C1. The summed E-state index contributed by atoms with van der Waals surface area (Å²) in [5, 5.41) is 0. The molecule has 0 aromatic heterocycles.